The standard InChI is InChI=1S/C15H13N3O3/c1-2-21-15(20)13-11(14(19)18-17-13)7-9-8-16-12-6-4-3-5-10(9)12/h3-8,16H,2H2,1H3,(H,18,19)/b11-7-. The number of rotatable bonds is 3. The number of hydrogen-bond acceptors (Lipinski definition) is 4. The molecule has 6 nitrogen and oxygen atoms in total. The van der Waals surface area contributed by atoms with Gasteiger partial charge in [-0.15, -0.1) is 0 Å². The van der Waals surface area contributed by atoms with Crippen LogP contribution in [0.3, 0.4) is 0 Å². The van der Waals surface area contributed by atoms with E-state index in [1.807, 2.05) is 24.3 Å². The van der Waals surface area contributed by atoms with Crippen LogP contribution in [0.2, 0.25) is 0 Å². The Bertz CT molecular complexity index is 786. The fourth-order valence-electron chi connectivity index (χ4n) is 2.19. The van der Waals surface area contributed by atoms with E-state index < -0.39 is 11.9 Å². The van der Waals surface area contributed by atoms with Crippen molar-refractivity contribution in [3.05, 3.63) is 41.6 Å². The second-order valence-electron chi connectivity index (χ2n) is 4.47. The second-order valence-corrected chi connectivity index (χ2v) is 4.47. The second kappa shape index (κ2) is 5.24. The van der Waals surface area contributed by atoms with Gasteiger partial charge in [-0.05, 0) is 19.1 Å². The third-order valence-electron chi connectivity index (χ3n) is 3.16. The largest absolute Gasteiger partial charge is 0.461 e. The molecule has 1 aromatic heterocycles. The molecular weight excluding hydrogens is 270 g/mol. The molecule has 1 aliphatic rings. The summed E-state index contributed by atoms with van der Waals surface area (Å²) in [7, 11) is 0. The lowest BCUT2D eigenvalue weighted by Crippen LogP contribution is -2.20. The zero-order chi connectivity index (χ0) is 14.8. The van der Waals surface area contributed by atoms with E-state index in [2.05, 4.69) is 15.5 Å². The van der Waals surface area contributed by atoms with Crippen LogP contribution in [-0.4, -0.2) is 29.2 Å². The highest BCUT2D eigenvalue weighted by Gasteiger charge is 2.29. The minimum atomic E-state index is -0.609. The van der Waals surface area contributed by atoms with Crippen molar-refractivity contribution in [1.29, 1.82) is 0 Å². The summed E-state index contributed by atoms with van der Waals surface area (Å²) in [6.07, 6.45) is 3.42. The van der Waals surface area contributed by atoms with Gasteiger partial charge in [-0.3, -0.25) is 4.79 Å². The lowest BCUT2D eigenvalue weighted by atomic mass is 10.1. The molecule has 0 unspecified atom stereocenters. The molecule has 1 aliphatic heterocycles. The fourth-order valence-corrected chi connectivity index (χ4v) is 2.19. The SMILES string of the molecule is CCOC(=O)C1=NNC(=O)/C1=C\c1c[nH]c2ccccc12. The zero-order valence-electron chi connectivity index (χ0n) is 11.3. The van der Waals surface area contributed by atoms with Crippen molar-refractivity contribution < 1.29 is 14.3 Å². The molecule has 0 bridgehead atoms. The van der Waals surface area contributed by atoms with Crippen molar-refractivity contribution in [1.82, 2.24) is 10.4 Å². The Labute approximate surface area is 120 Å². The summed E-state index contributed by atoms with van der Waals surface area (Å²) >= 11 is 0. The Kier molecular flexibility index (Phi) is 3.27. The number of aromatic amines is 1. The molecule has 3 rings (SSSR count). The van der Waals surface area contributed by atoms with Crippen LogP contribution in [-0.2, 0) is 14.3 Å². The number of para-hydroxylation sites is 1. The van der Waals surface area contributed by atoms with Gasteiger partial charge in [0.25, 0.3) is 5.91 Å². The number of H-pyrrole nitrogens is 1. The number of ether oxygens (including phenoxy) is 1. The van der Waals surface area contributed by atoms with Crippen LogP contribution < -0.4 is 5.43 Å². The first kappa shape index (κ1) is 13.1. The van der Waals surface area contributed by atoms with Crippen LogP contribution in [0.1, 0.15) is 12.5 Å². The summed E-state index contributed by atoms with van der Waals surface area (Å²) < 4.78 is 4.90. The van der Waals surface area contributed by atoms with Gasteiger partial charge in [-0.1, -0.05) is 18.2 Å². The van der Waals surface area contributed by atoms with Crippen LogP contribution in [0, 0.1) is 0 Å². The summed E-state index contributed by atoms with van der Waals surface area (Å²) in [5, 5.41) is 4.71. The zero-order valence-corrected chi connectivity index (χ0v) is 11.3. The van der Waals surface area contributed by atoms with Crippen LogP contribution in [0.25, 0.3) is 17.0 Å². The number of hydrogen-bond donors (Lipinski definition) is 2. The average Bonchev–Trinajstić information content (AvgIpc) is 3.05. The Balaban J connectivity index is 2.03. The molecule has 6 heteroatoms. The maximum atomic E-state index is 11.8. The van der Waals surface area contributed by atoms with Gasteiger partial charge >= 0.3 is 5.97 Å². The molecule has 2 N–H and O–H groups in total. The highest BCUT2D eigenvalue weighted by atomic mass is 16.5. The van der Waals surface area contributed by atoms with E-state index in [0.29, 0.717) is 0 Å². The van der Waals surface area contributed by atoms with Gasteiger partial charge in [0.05, 0.1) is 12.2 Å². The summed E-state index contributed by atoms with van der Waals surface area (Å²) in [5.41, 5.74) is 4.27. The number of aromatic nitrogens is 1. The van der Waals surface area contributed by atoms with Gasteiger partial charge in [0.2, 0.25) is 0 Å². The summed E-state index contributed by atoms with van der Waals surface area (Å²) in [5.74, 6) is -1.02. The number of carbonyl (C=O) groups is 2. The molecule has 1 aromatic carbocycles. The fraction of sp³-hybridized carbons (Fsp3) is 0.133. The number of nitrogens with one attached hydrogen (secondary N) is 2. The Morgan fingerprint density at radius 2 is 2.19 bits per heavy atom. The quantitative estimate of drug-likeness (QED) is 0.663. The van der Waals surface area contributed by atoms with Crippen LogP contribution in [0.15, 0.2) is 41.1 Å². The molecule has 0 fully saturated rings. The van der Waals surface area contributed by atoms with Crippen molar-refractivity contribution in [2.75, 3.05) is 6.61 Å². The van der Waals surface area contributed by atoms with Crippen LogP contribution >= 0.6 is 0 Å². The minimum absolute atomic E-state index is 0.00660. The van der Waals surface area contributed by atoms with Crippen molar-refractivity contribution >= 4 is 34.6 Å². The topological polar surface area (TPSA) is 83.5 Å². The number of esters is 1. The van der Waals surface area contributed by atoms with E-state index in [9.17, 15) is 9.59 Å². The molecule has 0 saturated carbocycles. The van der Waals surface area contributed by atoms with Crippen LogP contribution in [0.4, 0.5) is 0 Å². The van der Waals surface area contributed by atoms with E-state index >= 15 is 0 Å². The molecule has 0 saturated heterocycles. The molecule has 1 amide bonds. The Morgan fingerprint density at radius 1 is 1.38 bits per heavy atom. The maximum absolute atomic E-state index is 11.8. The molecule has 2 aromatic rings. The van der Waals surface area contributed by atoms with E-state index in [1.54, 1.807) is 19.2 Å². The summed E-state index contributed by atoms with van der Waals surface area (Å²) in [6, 6.07) is 7.70. The first-order valence-electron chi connectivity index (χ1n) is 6.54. The van der Waals surface area contributed by atoms with Crippen molar-refractivity contribution in [3.63, 3.8) is 0 Å². The van der Waals surface area contributed by atoms with Crippen molar-refractivity contribution in [3.8, 4) is 0 Å². The molecule has 0 aliphatic carbocycles. The Morgan fingerprint density at radius 3 is 3.00 bits per heavy atom. The van der Waals surface area contributed by atoms with Gasteiger partial charge in [0.15, 0.2) is 5.71 Å². The molecule has 0 atom stereocenters. The summed E-state index contributed by atoms with van der Waals surface area (Å²) in [6.45, 7) is 1.93. The lowest BCUT2D eigenvalue weighted by molar-refractivity contribution is -0.135. The number of hydrazone groups is 1. The van der Waals surface area contributed by atoms with E-state index in [4.69, 9.17) is 4.74 Å². The number of carbonyl (C=O) groups excluding carboxylic acids is 2. The number of fused-ring (bicyclic) bond motifs is 1. The molecule has 0 radical (unpaired) electrons. The maximum Gasteiger partial charge on any atom is 0.359 e. The highest BCUT2D eigenvalue weighted by molar-refractivity contribution is 6.52. The first-order chi connectivity index (χ1) is 10.2. The normalized spacial score (nSPS) is 16.1. The number of amides is 1. The molecule has 106 valence electrons. The van der Waals surface area contributed by atoms with Crippen molar-refractivity contribution in [2.24, 2.45) is 5.10 Å². The molecular formula is C15H13N3O3. The van der Waals surface area contributed by atoms with Gasteiger partial charge in [0, 0.05) is 22.7 Å². The average molecular weight is 283 g/mol. The summed E-state index contributed by atoms with van der Waals surface area (Å²) in [4.78, 5) is 26.8. The predicted octanol–water partition coefficient (Wildman–Crippen LogP) is 1.60. The molecule has 2 heterocycles. The third kappa shape index (κ3) is 2.31. The van der Waals surface area contributed by atoms with Crippen molar-refractivity contribution in [2.45, 2.75) is 6.92 Å². The Hall–Kier alpha value is -2.89. The highest BCUT2D eigenvalue weighted by Crippen LogP contribution is 2.22. The van der Waals surface area contributed by atoms with Gasteiger partial charge in [0.1, 0.15) is 0 Å². The van der Waals surface area contributed by atoms with Gasteiger partial charge < -0.3 is 9.72 Å². The predicted molar refractivity (Wildman–Crippen MR) is 78.5 cm³/mol. The molecule has 0 spiro atoms. The third-order valence-corrected chi connectivity index (χ3v) is 3.16. The number of benzene rings is 1. The van der Waals surface area contributed by atoms with E-state index in [-0.39, 0.29) is 17.9 Å². The first-order valence-corrected chi connectivity index (χ1v) is 6.54. The van der Waals surface area contributed by atoms with Gasteiger partial charge in [-0.25, -0.2) is 10.2 Å². The van der Waals surface area contributed by atoms with E-state index in [1.165, 1.54) is 0 Å². The van der Waals surface area contributed by atoms with Crippen LogP contribution in [0.5, 0.6) is 0 Å². The lowest BCUT2D eigenvalue weighted by Gasteiger charge is -2.01. The molecule has 21 heavy (non-hydrogen) atoms. The smallest absolute Gasteiger partial charge is 0.359 e. The monoisotopic (exact) mass is 283 g/mol. The van der Waals surface area contributed by atoms with E-state index in [0.717, 1.165) is 16.5 Å². The number of nitrogens with zero attached hydrogens (tertiary/aromatic N) is 1. The minimum Gasteiger partial charge on any atom is -0.461 e. The van der Waals surface area contributed by atoms with Gasteiger partial charge in [-0.2, -0.15) is 5.10 Å².